The smallest absolute Gasteiger partial charge is 0.283 e. The molecule has 0 bridgehead atoms. The van der Waals surface area contributed by atoms with Crippen LogP contribution in [0.2, 0.25) is 0 Å². The van der Waals surface area contributed by atoms with Gasteiger partial charge in [-0.1, -0.05) is 31.2 Å². The van der Waals surface area contributed by atoms with Gasteiger partial charge in [-0.25, -0.2) is 0 Å². The highest BCUT2D eigenvalue weighted by atomic mass is 32.2. The Morgan fingerprint density at radius 3 is 2.62 bits per heavy atom. The van der Waals surface area contributed by atoms with Gasteiger partial charge in [-0.15, -0.1) is 11.8 Å². The first-order valence-corrected chi connectivity index (χ1v) is 9.54. The number of thioether (sulfide) groups is 1. The molecule has 0 radical (unpaired) electrons. The first-order chi connectivity index (χ1) is 12.6. The summed E-state index contributed by atoms with van der Waals surface area (Å²) in [4.78, 5) is 23.6. The van der Waals surface area contributed by atoms with Crippen LogP contribution in [0.4, 0.5) is 5.69 Å². The lowest BCUT2D eigenvalue weighted by atomic mass is 10.1. The summed E-state index contributed by atoms with van der Waals surface area (Å²) in [6, 6.07) is 12.3. The second kappa shape index (κ2) is 9.94. The van der Waals surface area contributed by atoms with E-state index in [2.05, 4.69) is 5.32 Å². The molecule has 2 aromatic rings. The fourth-order valence-electron chi connectivity index (χ4n) is 2.45. The van der Waals surface area contributed by atoms with Crippen molar-refractivity contribution < 1.29 is 14.5 Å². The molecule has 2 rings (SSSR count). The Hall–Kier alpha value is -2.38. The standard InChI is InChI=1S/C19H22N2O4S/c1-3-10-25-13-16-7-5-4-6-15(16)12-20-19(22)14-8-9-18(26-2)17(11-14)21(23)24/h4-9,11H,3,10,12-13H2,1-2H3,(H,20,22). The third kappa shape index (κ3) is 5.31. The van der Waals surface area contributed by atoms with E-state index in [4.69, 9.17) is 4.74 Å². The van der Waals surface area contributed by atoms with Gasteiger partial charge in [-0.3, -0.25) is 14.9 Å². The van der Waals surface area contributed by atoms with E-state index in [1.807, 2.05) is 31.2 Å². The van der Waals surface area contributed by atoms with Crippen LogP contribution < -0.4 is 5.32 Å². The number of hydrogen-bond acceptors (Lipinski definition) is 5. The van der Waals surface area contributed by atoms with Gasteiger partial charge in [0.05, 0.1) is 16.4 Å². The number of nitro groups is 1. The van der Waals surface area contributed by atoms with Crippen molar-refractivity contribution in [1.82, 2.24) is 5.32 Å². The lowest BCUT2D eigenvalue weighted by Crippen LogP contribution is -2.23. The summed E-state index contributed by atoms with van der Waals surface area (Å²) in [5, 5.41) is 14.0. The molecule has 0 aliphatic heterocycles. The molecule has 7 heteroatoms. The van der Waals surface area contributed by atoms with Crippen LogP contribution in [-0.2, 0) is 17.9 Å². The lowest BCUT2D eigenvalue weighted by molar-refractivity contribution is -0.387. The van der Waals surface area contributed by atoms with Crippen LogP contribution in [0.15, 0.2) is 47.4 Å². The van der Waals surface area contributed by atoms with Crippen molar-refractivity contribution in [2.75, 3.05) is 12.9 Å². The third-order valence-corrected chi connectivity index (χ3v) is 4.59. The molecule has 1 amide bonds. The van der Waals surface area contributed by atoms with E-state index in [9.17, 15) is 14.9 Å². The zero-order valence-electron chi connectivity index (χ0n) is 14.9. The van der Waals surface area contributed by atoms with E-state index in [-0.39, 0.29) is 17.2 Å². The average Bonchev–Trinajstić information content (AvgIpc) is 2.66. The minimum absolute atomic E-state index is 0.0569. The van der Waals surface area contributed by atoms with Gasteiger partial charge in [0.1, 0.15) is 0 Å². The van der Waals surface area contributed by atoms with Crippen molar-refractivity contribution >= 4 is 23.4 Å². The lowest BCUT2D eigenvalue weighted by Gasteiger charge is -2.11. The van der Waals surface area contributed by atoms with E-state index >= 15 is 0 Å². The molecule has 2 aromatic carbocycles. The van der Waals surface area contributed by atoms with Crippen LogP contribution in [0.1, 0.15) is 34.8 Å². The zero-order valence-corrected chi connectivity index (χ0v) is 15.7. The predicted octanol–water partition coefficient (Wildman–Crippen LogP) is 4.17. The molecule has 0 aliphatic carbocycles. The second-order valence-corrected chi connectivity index (χ2v) is 6.50. The Bertz CT molecular complexity index is 780. The van der Waals surface area contributed by atoms with Gasteiger partial charge in [0.2, 0.25) is 0 Å². The molecule has 0 saturated carbocycles. The molecular weight excluding hydrogens is 352 g/mol. The fraction of sp³-hybridized carbons (Fsp3) is 0.316. The van der Waals surface area contributed by atoms with Crippen molar-refractivity contribution in [2.24, 2.45) is 0 Å². The van der Waals surface area contributed by atoms with E-state index in [0.29, 0.717) is 24.7 Å². The van der Waals surface area contributed by atoms with E-state index in [1.165, 1.54) is 17.8 Å². The maximum absolute atomic E-state index is 12.4. The maximum atomic E-state index is 12.4. The van der Waals surface area contributed by atoms with Crippen LogP contribution >= 0.6 is 11.8 Å². The molecule has 6 nitrogen and oxygen atoms in total. The number of ether oxygens (including phenoxy) is 1. The molecule has 0 aromatic heterocycles. The van der Waals surface area contributed by atoms with Crippen LogP contribution in [0.25, 0.3) is 0 Å². The van der Waals surface area contributed by atoms with Crippen molar-refractivity contribution in [2.45, 2.75) is 31.4 Å². The summed E-state index contributed by atoms with van der Waals surface area (Å²) in [7, 11) is 0. The van der Waals surface area contributed by atoms with Crippen molar-refractivity contribution in [3.05, 3.63) is 69.3 Å². The number of nitro benzene ring substituents is 1. The molecule has 0 spiro atoms. The fourth-order valence-corrected chi connectivity index (χ4v) is 3.00. The summed E-state index contributed by atoms with van der Waals surface area (Å²) in [5.41, 5.74) is 2.20. The van der Waals surface area contributed by atoms with Gasteiger partial charge >= 0.3 is 0 Å². The zero-order chi connectivity index (χ0) is 18.9. The largest absolute Gasteiger partial charge is 0.377 e. The number of carbonyl (C=O) groups is 1. The highest BCUT2D eigenvalue weighted by molar-refractivity contribution is 7.98. The summed E-state index contributed by atoms with van der Waals surface area (Å²) in [6.07, 6.45) is 2.71. The summed E-state index contributed by atoms with van der Waals surface area (Å²) < 4.78 is 5.58. The van der Waals surface area contributed by atoms with Crippen molar-refractivity contribution in [3.63, 3.8) is 0 Å². The second-order valence-electron chi connectivity index (χ2n) is 5.65. The Balaban J connectivity index is 2.07. The minimum atomic E-state index is -0.469. The van der Waals surface area contributed by atoms with Crippen LogP contribution in [0.3, 0.4) is 0 Å². The quantitative estimate of drug-likeness (QED) is 0.308. The van der Waals surface area contributed by atoms with E-state index in [0.717, 1.165) is 17.5 Å². The molecule has 138 valence electrons. The van der Waals surface area contributed by atoms with Gasteiger partial charge in [-0.05, 0) is 35.9 Å². The normalized spacial score (nSPS) is 10.5. The van der Waals surface area contributed by atoms with Crippen LogP contribution in [-0.4, -0.2) is 23.7 Å². The van der Waals surface area contributed by atoms with Crippen molar-refractivity contribution in [1.29, 1.82) is 0 Å². The highest BCUT2D eigenvalue weighted by Gasteiger charge is 2.17. The number of carbonyl (C=O) groups excluding carboxylic acids is 1. The van der Waals surface area contributed by atoms with Gasteiger partial charge in [-0.2, -0.15) is 0 Å². The molecule has 26 heavy (non-hydrogen) atoms. The molecule has 0 heterocycles. The molecular formula is C19H22N2O4S. The first kappa shape index (κ1) is 19.9. The van der Waals surface area contributed by atoms with Gasteiger partial charge in [0, 0.05) is 24.8 Å². The molecule has 0 aliphatic rings. The van der Waals surface area contributed by atoms with Gasteiger partial charge in [0.25, 0.3) is 11.6 Å². The topological polar surface area (TPSA) is 81.5 Å². The van der Waals surface area contributed by atoms with Crippen molar-refractivity contribution in [3.8, 4) is 0 Å². The average molecular weight is 374 g/mol. The van der Waals surface area contributed by atoms with Crippen LogP contribution in [0, 0.1) is 10.1 Å². The van der Waals surface area contributed by atoms with E-state index in [1.54, 1.807) is 18.4 Å². The van der Waals surface area contributed by atoms with Gasteiger partial charge in [0.15, 0.2) is 0 Å². The monoisotopic (exact) mass is 374 g/mol. The predicted molar refractivity (Wildman–Crippen MR) is 102 cm³/mol. The Morgan fingerprint density at radius 1 is 1.23 bits per heavy atom. The van der Waals surface area contributed by atoms with E-state index < -0.39 is 4.92 Å². The number of benzene rings is 2. The molecule has 0 unspecified atom stereocenters. The van der Waals surface area contributed by atoms with Gasteiger partial charge < -0.3 is 10.1 Å². The van der Waals surface area contributed by atoms with Crippen LogP contribution in [0.5, 0.6) is 0 Å². The molecule has 0 atom stereocenters. The first-order valence-electron chi connectivity index (χ1n) is 8.32. The molecule has 0 fully saturated rings. The molecule has 0 saturated heterocycles. The summed E-state index contributed by atoms with van der Waals surface area (Å²) in [6.45, 7) is 3.57. The SMILES string of the molecule is CCCOCc1ccccc1CNC(=O)c1ccc(SC)c([N+](=O)[O-])c1. The number of amides is 1. The number of rotatable bonds is 9. The number of nitrogens with one attached hydrogen (secondary N) is 1. The Labute approximate surface area is 157 Å². The summed E-state index contributed by atoms with van der Waals surface area (Å²) >= 11 is 1.28. The molecule has 1 N–H and O–H groups in total. The summed E-state index contributed by atoms with van der Waals surface area (Å²) in [5.74, 6) is -0.343. The third-order valence-electron chi connectivity index (χ3n) is 3.80. The number of hydrogen-bond donors (Lipinski definition) is 1. The maximum Gasteiger partial charge on any atom is 0.283 e. The highest BCUT2D eigenvalue weighted by Crippen LogP contribution is 2.28. The minimum Gasteiger partial charge on any atom is -0.377 e. The Morgan fingerprint density at radius 2 is 1.96 bits per heavy atom. The Kier molecular flexibility index (Phi) is 7.62. The number of nitrogens with zero attached hydrogens (tertiary/aromatic N) is 1.